The average molecular weight is 289 g/mol. The summed E-state index contributed by atoms with van der Waals surface area (Å²) in [6, 6.07) is 1.21. The van der Waals surface area contributed by atoms with Gasteiger partial charge in [-0.15, -0.1) is 12.4 Å². The lowest BCUT2D eigenvalue weighted by Crippen LogP contribution is -2.48. The maximum Gasteiger partial charge on any atom is 0.224 e. The Labute approximate surface area is 121 Å². The number of hydrogen-bond acceptors (Lipinski definition) is 3. The molecule has 3 fully saturated rings. The van der Waals surface area contributed by atoms with Gasteiger partial charge in [-0.3, -0.25) is 4.79 Å². The predicted octanol–water partition coefficient (Wildman–Crippen LogP) is 1.58. The quantitative estimate of drug-likeness (QED) is 0.835. The minimum Gasteiger partial charge on any atom is -0.378 e. The number of rotatable bonds is 5. The summed E-state index contributed by atoms with van der Waals surface area (Å²) < 4.78 is 5.43. The number of nitrogens with zero attached hydrogens (tertiary/aromatic N) is 1. The number of amides is 1. The molecule has 0 aromatic carbocycles. The Kier molecular flexibility index (Phi) is 5.09. The largest absolute Gasteiger partial charge is 0.378 e. The molecule has 0 spiro atoms. The van der Waals surface area contributed by atoms with E-state index in [-0.39, 0.29) is 18.4 Å². The molecular weight excluding hydrogens is 264 g/mol. The first-order valence-electron chi connectivity index (χ1n) is 7.38. The fourth-order valence-corrected chi connectivity index (χ4v) is 2.99. The van der Waals surface area contributed by atoms with Gasteiger partial charge in [0.05, 0.1) is 13.2 Å². The van der Waals surface area contributed by atoms with Crippen LogP contribution in [0.3, 0.4) is 0 Å². The van der Waals surface area contributed by atoms with Gasteiger partial charge in [0, 0.05) is 31.1 Å². The molecular formula is C14H25ClN2O2. The van der Waals surface area contributed by atoms with Crippen LogP contribution < -0.4 is 5.32 Å². The molecule has 1 amide bonds. The van der Waals surface area contributed by atoms with Crippen molar-refractivity contribution in [1.29, 1.82) is 0 Å². The molecule has 2 saturated carbocycles. The summed E-state index contributed by atoms with van der Waals surface area (Å²) in [7, 11) is 0. The second kappa shape index (κ2) is 6.42. The van der Waals surface area contributed by atoms with Crippen molar-refractivity contribution in [2.24, 2.45) is 5.92 Å². The third-order valence-corrected chi connectivity index (χ3v) is 4.39. The molecule has 19 heavy (non-hydrogen) atoms. The van der Waals surface area contributed by atoms with Crippen molar-refractivity contribution in [3.8, 4) is 0 Å². The number of morpholine rings is 1. The first-order valence-corrected chi connectivity index (χ1v) is 7.38. The van der Waals surface area contributed by atoms with Crippen LogP contribution in [0, 0.1) is 5.92 Å². The normalized spacial score (nSPS) is 28.4. The van der Waals surface area contributed by atoms with Gasteiger partial charge < -0.3 is 15.0 Å². The highest BCUT2D eigenvalue weighted by Gasteiger charge is 2.41. The van der Waals surface area contributed by atoms with E-state index in [2.05, 4.69) is 17.1 Å². The number of carbonyl (C=O) groups excluding carboxylic acids is 1. The van der Waals surface area contributed by atoms with Crippen molar-refractivity contribution in [2.75, 3.05) is 19.8 Å². The molecule has 2 atom stereocenters. The van der Waals surface area contributed by atoms with Crippen LogP contribution in [0.15, 0.2) is 0 Å². The van der Waals surface area contributed by atoms with Crippen LogP contribution >= 0.6 is 12.4 Å². The monoisotopic (exact) mass is 288 g/mol. The zero-order valence-electron chi connectivity index (χ0n) is 11.6. The number of hydrogen-bond donors (Lipinski definition) is 1. The van der Waals surface area contributed by atoms with Gasteiger partial charge in [0.2, 0.25) is 5.91 Å². The minimum atomic E-state index is 0. The van der Waals surface area contributed by atoms with Gasteiger partial charge in [0.1, 0.15) is 0 Å². The zero-order valence-corrected chi connectivity index (χ0v) is 12.5. The molecule has 110 valence electrons. The van der Waals surface area contributed by atoms with E-state index in [1.54, 1.807) is 0 Å². The molecule has 0 aromatic rings. The second-order valence-electron chi connectivity index (χ2n) is 6.04. The van der Waals surface area contributed by atoms with Crippen LogP contribution in [0.25, 0.3) is 0 Å². The maximum atomic E-state index is 12.5. The standard InChI is InChI=1S/C14H24N2O2.ClH/c1-10(11-2-3-11)16(13-4-5-13)14(17)8-12-9-18-7-6-15-12;/h10-13,15H,2-9H2,1H3;1H. The Morgan fingerprint density at radius 2 is 2.11 bits per heavy atom. The Hall–Kier alpha value is -0.320. The van der Waals surface area contributed by atoms with E-state index in [9.17, 15) is 4.79 Å². The third kappa shape index (κ3) is 3.83. The number of ether oxygens (including phenoxy) is 1. The van der Waals surface area contributed by atoms with Gasteiger partial charge in [-0.2, -0.15) is 0 Å². The number of nitrogens with one attached hydrogen (secondary N) is 1. The first kappa shape index (κ1) is 15.1. The van der Waals surface area contributed by atoms with Crippen molar-refractivity contribution < 1.29 is 9.53 Å². The second-order valence-corrected chi connectivity index (χ2v) is 6.04. The van der Waals surface area contributed by atoms with Gasteiger partial charge in [-0.1, -0.05) is 0 Å². The van der Waals surface area contributed by atoms with Crippen molar-refractivity contribution >= 4 is 18.3 Å². The first-order chi connectivity index (χ1) is 8.75. The molecule has 1 N–H and O–H groups in total. The Balaban J connectivity index is 0.00000133. The zero-order chi connectivity index (χ0) is 12.5. The minimum absolute atomic E-state index is 0. The van der Waals surface area contributed by atoms with Crippen LogP contribution in [0.2, 0.25) is 0 Å². The Bertz CT molecular complexity index is 313. The predicted molar refractivity (Wildman–Crippen MR) is 76.5 cm³/mol. The van der Waals surface area contributed by atoms with Crippen molar-refractivity contribution in [2.45, 2.75) is 57.2 Å². The van der Waals surface area contributed by atoms with E-state index in [0.29, 0.717) is 31.0 Å². The molecule has 0 radical (unpaired) electrons. The van der Waals surface area contributed by atoms with Crippen LogP contribution in [0.1, 0.15) is 39.0 Å². The molecule has 1 aliphatic heterocycles. The van der Waals surface area contributed by atoms with Gasteiger partial charge in [-0.25, -0.2) is 0 Å². The summed E-state index contributed by atoms with van der Waals surface area (Å²) >= 11 is 0. The molecule has 3 aliphatic rings. The van der Waals surface area contributed by atoms with E-state index in [1.165, 1.54) is 25.7 Å². The molecule has 0 bridgehead atoms. The maximum absolute atomic E-state index is 12.5. The fraction of sp³-hybridized carbons (Fsp3) is 0.929. The van der Waals surface area contributed by atoms with Gasteiger partial charge in [0.25, 0.3) is 0 Å². The molecule has 2 unspecified atom stereocenters. The molecule has 5 heteroatoms. The van der Waals surface area contributed by atoms with E-state index < -0.39 is 0 Å². The van der Waals surface area contributed by atoms with Crippen LogP contribution in [0.5, 0.6) is 0 Å². The summed E-state index contributed by atoms with van der Waals surface area (Å²) in [5.41, 5.74) is 0. The Morgan fingerprint density at radius 3 is 2.63 bits per heavy atom. The third-order valence-electron chi connectivity index (χ3n) is 4.39. The molecule has 2 aliphatic carbocycles. The van der Waals surface area contributed by atoms with E-state index >= 15 is 0 Å². The summed E-state index contributed by atoms with van der Waals surface area (Å²) in [6.45, 7) is 4.57. The molecule has 1 heterocycles. The molecule has 1 saturated heterocycles. The molecule has 3 rings (SSSR count). The van der Waals surface area contributed by atoms with Crippen molar-refractivity contribution in [3.63, 3.8) is 0 Å². The highest BCUT2D eigenvalue weighted by molar-refractivity contribution is 5.85. The summed E-state index contributed by atoms with van der Waals surface area (Å²) in [6.07, 6.45) is 5.63. The van der Waals surface area contributed by atoms with Gasteiger partial charge >= 0.3 is 0 Å². The topological polar surface area (TPSA) is 41.6 Å². The van der Waals surface area contributed by atoms with Crippen LogP contribution in [0.4, 0.5) is 0 Å². The van der Waals surface area contributed by atoms with Gasteiger partial charge in [-0.05, 0) is 38.5 Å². The van der Waals surface area contributed by atoms with E-state index in [4.69, 9.17) is 4.74 Å². The fourth-order valence-electron chi connectivity index (χ4n) is 2.99. The molecule has 0 aromatic heterocycles. The summed E-state index contributed by atoms with van der Waals surface area (Å²) in [5.74, 6) is 1.10. The lowest BCUT2D eigenvalue weighted by Gasteiger charge is -2.32. The van der Waals surface area contributed by atoms with Crippen molar-refractivity contribution in [3.05, 3.63) is 0 Å². The van der Waals surface area contributed by atoms with Crippen LogP contribution in [-0.4, -0.2) is 48.7 Å². The van der Waals surface area contributed by atoms with Crippen molar-refractivity contribution in [1.82, 2.24) is 10.2 Å². The highest BCUT2D eigenvalue weighted by Crippen LogP contribution is 2.40. The lowest BCUT2D eigenvalue weighted by molar-refractivity contribution is -0.135. The highest BCUT2D eigenvalue weighted by atomic mass is 35.5. The van der Waals surface area contributed by atoms with E-state index in [1.807, 2.05) is 0 Å². The van der Waals surface area contributed by atoms with Gasteiger partial charge in [0.15, 0.2) is 0 Å². The smallest absolute Gasteiger partial charge is 0.224 e. The Morgan fingerprint density at radius 1 is 1.37 bits per heavy atom. The average Bonchev–Trinajstić information content (AvgIpc) is 3.24. The lowest BCUT2D eigenvalue weighted by atomic mass is 10.1. The summed E-state index contributed by atoms with van der Waals surface area (Å²) in [5, 5.41) is 3.38. The molecule has 4 nitrogen and oxygen atoms in total. The number of halogens is 1. The SMILES string of the molecule is CC(C1CC1)N(C(=O)CC1COCCN1)C1CC1.Cl. The summed E-state index contributed by atoms with van der Waals surface area (Å²) in [4.78, 5) is 14.7. The van der Waals surface area contributed by atoms with Crippen LogP contribution in [-0.2, 0) is 9.53 Å². The number of carbonyl (C=O) groups is 1. The van der Waals surface area contributed by atoms with E-state index in [0.717, 1.165) is 19.1 Å².